The number of hydrogen-bond donors (Lipinski definition) is 2. The van der Waals surface area contributed by atoms with E-state index in [9.17, 15) is 5.11 Å². The molecule has 2 aliphatic rings. The number of benzene rings is 1. The molecule has 0 spiro atoms. The van der Waals surface area contributed by atoms with Gasteiger partial charge in [-0.25, -0.2) is 0 Å². The van der Waals surface area contributed by atoms with Crippen molar-refractivity contribution in [1.29, 1.82) is 0 Å². The first kappa shape index (κ1) is 12.2. The van der Waals surface area contributed by atoms with Gasteiger partial charge in [-0.15, -0.1) is 0 Å². The number of nitrogens with two attached hydrogens (primary N) is 1. The molecule has 1 aromatic carbocycles. The molecule has 3 rings (SSSR count). The van der Waals surface area contributed by atoms with Crippen LogP contribution < -0.4 is 5.73 Å². The highest BCUT2D eigenvalue weighted by molar-refractivity contribution is 5.29. The van der Waals surface area contributed by atoms with Gasteiger partial charge in [0.05, 0.1) is 5.60 Å². The first-order chi connectivity index (χ1) is 8.71. The second kappa shape index (κ2) is 4.65. The van der Waals surface area contributed by atoms with Gasteiger partial charge in [-0.3, -0.25) is 4.90 Å². The van der Waals surface area contributed by atoms with Crippen LogP contribution >= 0.6 is 0 Å². The molecule has 1 atom stereocenters. The van der Waals surface area contributed by atoms with Crippen LogP contribution in [0, 0.1) is 5.92 Å². The van der Waals surface area contributed by atoms with E-state index in [1.807, 2.05) is 0 Å². The average Bonchev–Trinajstić information content (AvgIpc) is 3.23. The van der Waals surface area contributed by atoms with Crippen molar-refractivity contribution in [3.05, 3.63) is 35.4 Å². The van der Waals surface area contributed by atoms with Crippen LogP contribution in [-0.2, 0) is 13.0 Å². The van der Waals surface area contributed by atoms with Crippen LogP contribution in [0.25, 0.3) is 0 Å². The van der Waals surface area contributed by atoms with E-state index in [1.165, 1.54) is 11.1 Å². The van der Waals surface area contributed by atoms with E-state index in [4.69, 9.17) is 5.73 Å². The Bertz CT molecular complexity index is 430. The highest BCUT2D eigenvalue weighted by atomic mass is 16.3. The molecule has 1 aromatic rings. The Morgan fingerprint density at radius 1 is 1.28 bits per heavy atom. The molecule has 0 aromatic heterocycles. The van der Waals surface area contributed by atoms with Crippen molar-refractivity contribution < 1.29 is 5.11 Å². The summed E-state index contributed by atoms with van der Waals surface area (Å²) in [4.78, 5) is 2.35. The van der Waals surface area contributed by atoms with E-state index in [-0.39, 0.29) is 0 Å². The van der Waals surface area contributed by atoms with Crippen LogP contribution in [0.5, 0.6) is 0 Å². The fourth-order valence-electron chi connectivity index (χ4n) is 3.06. The lowest BCUT2D eigenvalue weighted by Crippen LogP contribution is -2.51. The molecule has 0 amide bonds. The number of β-amino-alcohol motifs (C(OH)–C–C–N with tert-alkyl or cyclic N) is 1. The van der Waals surface area contributed by atoms with E-state index in [2.05, 4.69) is 29.2 Å². The van der Waals surface area contributed by atoms with Gasteiger partial charge < -0.3 is 10.8 Å². The molecule has 1 unspecified atom stereocenters. The summed E-state index contributed by atoms with van der Waals surface area (Å²) in [5.74, 6) is 0.430. The minimum absolute atomic E-state index is 0.385. The first-order valence-electron chi connectivity index (χ1n) is 6.93. The molecule has 0 bridgehead atoms. The van der Waals surface area contributed by atoms with Crippen LogP contribution in [0.3, 0.4) is 0 Å². The van der Waals surface area contributed by atoms with Gasteiger partial charge in [0.15, 0.2) is 0 Å². The van der Waals surface area contributed by atoms with Crippen molar-refractivity contribution in [2.24, 2.45) is 11.7 Å². The lowest BCUT2D eigenvalue weighted by molar-refractivity contribution is -0.0117. The first-order valence-corrected chi connectivity index (χ1v) is 6.93. The summed E-state index contributed by atoms with van der Waals surface area (Å²) >= 11 is 0. The minimum atomic E-state index is -0.660. The highest BCUT2D eigenvalue weighted by Crippen LogP contribution is 2.40. The van der Waals surface area contributed by atoms with Gasteiger partial charge in [-0.2, -0.15) is 0 Å². The minimum Gasteiger partial charge on any atom is -0.387 e. The Hall–Kier alpha value is -0.900. The zero-order valence-corrected chi connectivity index (χ0v) is 10.8. The molecular weight excluding hydrogens is 224 g/mol. The summed E-state index contributed by atoms with van der Waals surface area (Å²) in [6, 6.07) is 8.61. The molecule has 0 saturated heterocycles. The normalized spacial score (nSPS) is 23.4. The fraction of sp³-hybridized carbons (Fsp3) is 0.600. The summed E-state index contributed by atoms with van der Waals surface area (Å²) in [5.41, 5.74) is 7.98. The van der Waals surface area contributed by atoms with E-state index < -0.39 is 5.60 Å². The number of aliphatic hydroxyl groups is 1. The Morgan fingerprint density at radius 2 is 2.00 bits per heavy atom. The van der Waals surface area contributed by atoms with Crippen LogP contribution in [0.15, 0.2) is 24.3 Å². The van der Waals surface area contributed by atoms with Gasteiger partial charge in [-0.1, -0.05) is 24.3 Å². The topological polar surface area (TPSA) is 49.5 Å². The molecule has 0 radical (unpaired) electrons. The molecule has 1 aliphatic carbocycles. The second-order valence-corrected chi connectivity index (χ2v) is 5.81. The third-order valence-electron chi connectivity index (χ3n) is 4.40. The number of nitrogens with zero attached hydrogens (tertiary/aromatic N) is 1. The predicted octanol–water partition coefficient (Wildman–Crippen LogP) is 1.14. The molecule has 1 fully saturated rings. The van der Waals surface area contributed by atoms with Crippen molar-refractivity contribution in [2.45, 2.75) is 31.4 Å². The van der Waals surface area contributed by atoms with Crippen LogP contribution in [-0.4, -0.2) is 35.2 Å². The Kier molecular flexibility index (Phi) is 3.14. The lowest BCUT2D eigenvalue weighted by atomic mass is 9.94. The standard InChI is InChI=1S/C15H22N2O/c16-10-15(18,14-5-6-14)11-17-8-7-12-3-1-2-4-13(12)9-17/h1-4,14,18H,5-11,16H2. The summed E-state index contributed by atoms with van der Waals surface area (Å²) in [6.45, 7) is 3.09. The third-order valence-corrected chi connectivity index (χ3v) is 4.40. The molecule has 1 saturated carbocycles. The SMILES string of the molecule is NCC(O)(CN1CCc2ccccc2C1)C1CC1. The Labute approximate surface area is 109 Å². The number of hydrogen-bond acceptors (Lipinski definition) is 3. The van der Waals surface area contributed by atoms with Crippen molar-refractivity contribution in [3.63, 3.8) is 0 Å². The summed E-state index contributed by atoms with van der Waals surface area (Å²) in [5, 5.41) is 10.6. The molecule has 98 valence electrons. The van der Waals surface area contributed by atoms with E-state index in [0.29, 0.717) is 12.5 Å². The Morgan fingerprint density at radius 3 is 2.67 bits per heavy atom. The van der Waals surface area contributed by atoms with Crippen molar-refractivity contribution in [2.75, 3.05) is 19.6 Å². The van der Waals surface area contributed by atoms with Gasteiger partial charge >= 0.3 is 0 Å². The van der Waals surface area contributed by atoms with Gasteiger partial charge in [0.1, 0.15) is 0 Å². The van der Waals surface area contributed by atoms with Crippen molar-refractivity contribution in [3.8, 4) is 0 Å². The largest absolute Gasteiger partial charge is 0.387 e. The van der Waals surface area contributed by atoms with Crippen LogP contribution in [0.1, 0.15) is 24.0 Å². The van der Waals surface area contributed by atoms with E-state index >= 15 is 0 Å². The molecule has 3 heteroatoms. The number of fused-ring (bicyclic) bond motifs is 1. The monoisotopic (exact) mass is 246 g/mol. The molecule has 1 heterocycles. The fourth-order valence-corrected chi connectivity index (χ4v) is 3.06. The van der Waals surface area contributed by atoms with Crippen molar-refractivity contribution >= 4 is 0 Å². The zero-order valence-electron chi connectivity index (χ0n) is 10.8. The van der Waals surface area contributed by atoms with Gasteiger partial charge in [0.2, 0.25) is 0 Å². The molecule has 3 N–H and O–H groups in total. The third kappa shape index (κ3) is 2.30. The quantitative estimate of drug-likeness (QED) is 0.838. The number of rotatable bonds is 4. The summed E-state index contributed by atoms with van der Waals surface area (Å²) < 4.78 is 0. The van der Waals surface area contributed by atoms with Gasteiger partial charge in [0, 0.05) is 26.2 Å². The zero-order chi connectivity index (χ0) is 12.6. The summed E-state index contributed by atoms with van der Waals surface area (Å²) in [6.07, 6.45) is 3.36. The predicted molar refractivity (Wildman–Crippen MR) is 72.2 cm³/mol. The lowest BCUT2D eigenvalue weighted by Gasteiger charge is -2.36. The smallest absolute Gasteiger partial charge is 0.0923 e. The molecule has 18 heavy (non-hydrogen) atoms. The van der Waals surface area contributed by atoms with Gasteiger partial charge in [0.25, 0.3) is 0 Å². The second-order valence-electron chi connectivity index (χ2n) is 5.81. The van der Waals surface area contributed by atoms with Crippen molar-refractivity contribution in [1.82, 2.24) is 4.90 Å². The van der Waals surface area contributed by atoms with E-state index in [0.717, 1.165) is 38.9 Å². The molecular formula is C15H22N2O. The van der Waals surface area contributed by atoms with Gasteiger partial charge in [-0.05, 0) is 36.3 Å². The maximum absolute atomic E-state index is 10.6. The summed E-state index contributed by atoms with van der Waals surface area (Å²) in [7, 11) is 0. The maximum atomic E-state index is 10.6. The average molecular weight is 246 g/mol. The highest BCUT2D eigenvalue weighted by Gasteiger charge is 2.43. The van der Waals surface area contributed by atoms with Crippen LogP contribution in [0.4, 0.5) is 0 Å². The molecule has 3 nitrogen and oxygen atoms in total. The Balaban J connectivity index is 1.69. The maximum Gasteiger partial charge on any atom is 0.0923 e. The van der Waals surface area contributed by atoms with Crippen LogP contribution in [0.2, 0.25) is 0 Å². The van der Waals surface area contributed by atoms with E-state index in [1.54, 1.807) is 0 Å². The molecule has 1 aliphatic heterocycles.